The van der Waals surface area contributed by atoms with Crippen LogP contribution in [0.5, 0.6) is 0 Å². The van der Waals surface area contributed by atoms with Crippen LogP contribution in [0.25, 0.3) is 0 Å². The quantitative estimate of drug-likeness (QED) is 0.480. The van der Waals surface area contributed by atoms with Gasteiger partial charge in [-0.25, -0.2) is 0 Å². The van der Waals surface area contributed by atoms with E-state index in [4.69, 9.17) is 4.74 Å². The van der Waals surface area contributed by atoms with Gasteiger partial charge in [-0.3, -0.25) is 9.89 Å². The maximum atomic E-state index is 5.45. The molecule has 0 amide bonds. The minimum absolute atomic E-state index is 0.316. The van der Waals surface area contributed by atoms with Crippen molar-refractivity contribution in [1.82, 2.24) is 4.90 Å². The standard InChI is InChI=1S/C8H14N2O.C2H6/c1-4-8(9-2)11-7-5-10(3)6-7;1-2/h4,7H,1,5-6H2,2-3H3;1-2H3. The Kier molecular flexibility index (Phi) is 6.24. The third-order valence-corrected chi connectivity index (χ3v) is 1.71. The van der Waals surface area contributed by atoms with Gasteiger partial charge in [0.2, 0.25) is 5.90 Å². The van der Waals surface area contributed by atoms with Crippen LogP contribution in [-0.2, 0) is 4.74 Å². The molecule has 0 atom stereocenters. The van der Waals surface area contributed by atoms with Crippen LogP contribution in [0.15, 0.2) is 17.6 Å². The molecule has 0 unspecified atom stereocenters. The average molecular weight is 184 g/mol. The zero-order chi connectivity index (χ0) is 10.3. The maximum absolute atomic E-state index is 5.45. The van der Waals surface area contributed by atoms with Crippen molar-refractivity contribution in [2.24, 2.45) is 4.99 Å². The molecule has 0 radical (unpaired) electrons. The summed E-state index contributed by atoms with van der Waals surface area (Å²) in [7, 11) is 3.77. The molecule has 3 heteroatoms. The summed E-state index contributed by atoms with van der Waals surface area (Å²) < 4.78 is 5.45. The summed E-state index contributed by atoms with van der Waals surface area (Å²) in [5, 5.41) is 0. The monoisotopic (exact) mass is 184 g/mol. The summed E-state index contributed by atoms with van der Waals surface area (Å²) in [6.45, 7) is 9.58. The number of rotatable bonds is 2. The Morgan fingerprint density at radius 2 is 2.08 bits per heavy atom. The Morgan fingerprint density at radius 1 is 1.54 bits per heavy atom. The first-order valence-corrected chi connectivity index (χ1v) is 4.70. The molecule has 0 aromatic carbocycles. The van der Waals surface area contributed by atoms with Crippen LogP contribution < -0.4 is 0 Å². The van der Waals surface area contributed by atoms with Gasteiger partial charge in [0.05, 0.1) is 0 Å². The molecule has 0 aromatic heterocycles. The normalized spacial score (nSPS) is 18.3. The van der Waals surface area contributed by atoms with E-state index in [0.717, 1.165) is 13.1 Å². The summed E-state index contributed by atoms with van der Waals surface area (Å²) in [6, 6.07) is 0. The largest absolute Gasteiger partial charge is 0.472 e. The molecule has 1 rings (SSSR count). The van der Waals surface area contributed by atoms with Crippen LogP contribution in [0.4, 0.5) is 0 Å². The highest BCUT2D eigenvalue weighted by Gasteiger charge is 2.24. The second kappa shape index (κ2) is 6.66. The molecule has 1 saturated heterocycles. The van der Waals surface area contributed by atoms with Crippen molar-refractivity contribution in [3.63, 3.8) is 0 Å². The Hall–Kier alpha value is -0.830. The summed E-state index contributed by atoms with van der Waals surface area (Å²) in [5.74, 6) is 0.642. The lowest BCUT2D eigenvalue weighted by Gasteiger charge is -2.35. The Morgan fingerprint density at radius 3 is 2.38 bits per heavy atom. The van der Waals surface area contributed by atoms with Gasteiger partial charge >= 0.3 is 0 Å². The molecule has 1 fully saturated rings. The highest BCUT2D eigenvalue weighted by molar-refractivity contribution is 5.87. The van der Waals surface area contributed by atoms with E-state index in [0.29, 0.717) is 12.0 Å². The second-order valence-electron chi connectivity index (χ2n) is 2.73. The van der Waals surface area contributed by atoms with Gasteiger partial charge in [0, 0.05) is 20.1 Å². The first-order valence-electron chi connectivity index (χ1n) is 4.70. The van der Waals surface area contributed by atoms with Gasteiger partial charge in [0.1, 0.15) is 6.10 Å². The maximum Gasteiger partial charge on any atom is 0.208 e. The molecule has 0 spiro atoms. The summed E-state index contributed by atoms with van der Waals surface area (Å²) in [5.41, 5.74) is 0. The molecule has 1 aliphatic rings. The third-order valence-electron chi connectivity index (χ3n) is 1.71. The van der Waals surface area contributed by atoms with E-state index in [2.05, 4.69) is 23.5 Å². The number of likely N-dealkylation sites (tertiary alicyclic amines) is 1. The van der Waals surface area contributed by atoms with E-state index in [1.165, 1.54) is 0 Å². The van der Waals surface area contributed by atoms with E-state index in [9.17, 15) is 0 Å². The predicted octanol–water partition coefficient (Wildman–Crippen LogP) is 1.56. The Bertz CT molecular complexity index is 172. The van der Waals surface area contributed by atoms with E-state index in [1.54, 1.807) is 13.1 Å². The lowest BCUT2D eigenvalue weighted by molar-refractivity contribution is 0.0308. The molecular formula is C10H20N2O. The summed E-state index contributed by atoms with van der Waals surface area (Å²) in [4.78, 5) is 6.11. The van der Waals surface area contributed by atoms with Gasteiger partial charge < -0.3 is 4.74 Å². The molecule has 0 N–H and O–H groups in total. The summed E-state index contributed by atoms with van der Waals surface area (Å²) in [6.07, 6.45) is 1.95. The lowest BCUT2D eigenvalue weighted by atomic mass is 10.2. The highest BCUT2D eigenvalue weighted by Crippen LogP contribution is 2.08. The zero-order valence-electron chi connectivity index (χ0n) is 9.08. The zero-order valence-corrected chi connectivity index (χ0v) is 9.08. The number of hydrogen-bond acceptors (Lipinski definition) is 3. The van der Waals surface area contributed by atoms with Crippen LogP contribution in [0.2, 0.25) is 0 Å². The smallest absolute Gasteiger partial charge is 0.208 e. The molecule has 3 nitrogen and oxygen atoms in total. The van der Waals surface area contributed by atoms with Gasteiger partial charge in [-0.05, 0) is 13.1 Å². The van der Waals surface area contributed by atoms with Crippen LogP contribution in [0.3, 0.4) is 0 Å². The molecule has 0 bridgehead atoms. The Balaban J connectivity index is 0.000000671. The second-order valence-corrected chi connectivity index (χ2v) is 2.73. The topological polar surface area (TPSA) is 24.8 Å². The number of aliphatic imine (C=N–C) groups is 1. The fraction of sp³-hybridized carbons (Fsp3) is 0.700. The van der Waals surface area contributed by atoms with Gasteiger partial charge in [-0.15, -0.1) is 0 Å². The fourth-order valence-electron chi connectivity index (χ4n) is 1.08. The van der Waals surface area contributed by atoms with E-state index in [-0.39, 0.29) is 0 Å². The van der Waals surface area contributed by atoms with Crippen molar-refractivity contribution in [2.75, 3.05) is 27.2 Å². The van der Waals surface area contributed by atoms with E-state index < -0.39 is 0 Å². The number of hydrogen-bond donors (Lipinski definition) is 0. The van der Waals surface area contributed by atoms with Crippen LogP contribution >= 0.6 is 0 Å². The summed E-state index contributed by atoms with van der Waals surface area (Å²) >= 11 is 0. The van der Waals surface area contributed by atoms with Crippen molar-refractivity contribution >= 4 is 5.90 Å². The predicted molar refractivity (Wildman–Crippen MR) is 57.3 cm³/mol. The van der Waals surface area contributed by atoms with Crippen molar-refractivity contribution < 1.29 is 4.74 Å². The van der Waals surface area contributed by atoms with Gasteiger partial charge in [-0.1, -0.05) is 20.4 Å². The van der Waals surface area contributed by atoms with Gasteiger partial charge in [-0.2, -0.15) is 0 Å². The molecule has 1 heterocycles. The van der Waals surface area contributed by atoms with E-state index in [1.807, 2.05) is 13.8 Å². The lowest BCUT2D eigenvalue weighted by Crippen LogP contribution is -2.50. The van der Waals surface area contributed by atoms with Crippen molar-refractivity contribution in [1.29, 1.82) is 0 Å². The average Bonchev–Trinajstić information content (AvgIpc) is 2.14. The first kappa shape index (κ1) is 12.2. The number of nitrogens with zero attached hydrogens (tertiary/aromatic N) is 2. The van der Waals surface area contributed by atoms with Crippen LogP contribution in [0.1, 0.15) is 13.8 Å². The first-order chi connectivity index (χ1) is 6.26. The van der Waals surface area contributed by atoms with Crippen molar-refractivity contribution in [3.8, 4) is 0 Å². The van der Waals surface area contributed by atoms with Crippen LogP contribution in [0, 0.1) is 0 Å². The van der Waals surface area contributed by atoms with E-state index >= 15 is 0 Å². The molecule has 13 heavy (non-hydrogen) atoms. The fourth-order valence-corrected chi connectivity index (χ4v) is 1.08. The van der Waals surface area contributed by atoms with Gasteiger partial charge in [0.15, 0.2) is 0 Å². The minimum atomic E-state index is 0.316. The SMILES string of the molecule is C=CC(=NC)OC1CN(C)C1.CC. The van der Waals surface area contributed by atoms with Crippen LogP contribution in [-0.4, -0.2) is 44.1 Å². The molecular weight excluding hydrogens is 164 g/mol. The van der Waals surface area contributed by atoms with Crippen molar-refractivity contribution in [3.05, 3.63) is 12.7 Å². The number of likely N-dealkylation sites (N-methyl/N-ethyl adjacent to an activating group) is 1. The molecule has 0 aromatic rings. The molecule has 0 aliphatic carbocycles. The minimum Gasteiger partial charge on any atom is -0.472 e. The Labute approximate surface area is 81.1 Å². The van der Waals surface area contributed by atoms with Gasteiger partial charge in [0.25, 0.3) is 0 Å². The molecule has 1 aliphatic heterocycles. The third kappa shape index (κ3) is 4.08. The van der Waals surface area contributed by atoms with Crippen molar-refractivity contribution in [2.45, 2.75) is 20.0 Å². The molecule has 76 valence electrons. The highest BCUT2D eigenvalue weighted by atomic mass is 16.5. The number of ether oxygens (including phenoxy) is 1. The molecule has 0 saturated carbocycles.